The van der Waals surface area contributed by atoms with Crippen molar-refractivity contribution in [1.29, 1.82) is 0 Å². The van der Waals surface area contributed by atoms with Crippen LogP contribution in [0.3, 0.4) is 0 Å². The Hall–Kier alpha value is -1.32. The minimum absolute atomic E-state index is 0.322. The fourth-order valence-electron chi connectivity index (χ4n) is 0.764. The molecule has 1 unspecified atom stereocenters. The van der Waals surface area contributed by atoms with Crippen LogP contribution in [0.15, 0.2) is 12.2 Å². The fourth-order valence-corrected chi connectivity index (χ4v) is 0.764. The molecule has 1 rings (SSSR count). The van der Waals surface area contributed by atoms with Crippen molar-refractivity contribution in [3.05, 3.63) is 12.2 Å². The zero-order valence-electron chi connectivity index (χ0n) is 5.60. The van der Waals surface area contributed by atoms with E-state index in [1.165, 1.54) is 0 Å². The van der Waals surface area contributed by atoms with E-state index >= 15 is 0 Å². The third-order valence-corrected chi connectivity index (χ3v) is 1.27. The maximum atomic E-state index is 10.8. The lowest BCUT2D eigenvalue weighted by Crippen LogP contribution is -2.29. The van der Waals surface area contributed by atoms with E-state index in [2.05, 4.69) is 17.2 Å². The molecular weight excluding hydrogens is 132 g/mol. The molecule has 4 nitrogen and oxygen atoms in total. The molecule has 0 aliphatic carbocycles. The van der Waals surface area contributed by atoms with Gasteiger partial charge < -0.3 is 5.32 Å². The van der Waals surface area contributed by atoms with Crippen LogP contribution in [-0.4, -0.2) is 18.0 Å². The lowest BCUT2D eigenvalue weighted by molar-refractivity contribution is -0.119. The first-order valence-corrected chi connectivity index (χ1v) is 2.88. The largest absolute Gasteiger partial charge is 0.322 e. The Morgan fingerprint density at radius 3 is 2.40 bits per heavy atom. The summed E-state index contributed by atoms with van der Waals surface area (Å²) in [6.07, 6.45) is 0. The number of imide groups is 1. The number of nitrogens with one attached hydrogen (secondary N) is 2. The average Bonchev–Trinajstić information content (AvgIpc) is 2.10. The highest BCUT2D eigenvalue weighted by Crippen LogP contribution is 2.01. The summed E-state index contributed by atoms with van der Waals surface area (Å²) in [5.41, 5.74) is 0.642. The molecular formula is C6H8N2O2. The molecule has 3 amide bonds. The molecule has 1 heterocycles. The topological polar surface area (TPSA) is 58.2 Å². The monoisotopic (exact) mass is 140 g/mol. The van der Waals surface area contributed by atoms with E-state index in [4.69, 9.17) is 0 Å². The molecule has 0 aromatic rings. The van der Waals surface area contributed by atoms with Gasteiger partial charge in [0, 0.05) is 0 Å². The second kappa shape index (κ2) is 2.13. The summed E-state index contributed by atoms with van der Waals surface area (Å²) < 4.78 is 0. The van der Waals surface area contributed by atoms with Crippen LogP contribution in [0.2, 0.25) is 0 Å². The van der Waals surface area contributed by atoms with E-state index in [0.717, 1.165) is 0 Å². The minimum Gasteiger partial charge on any atom is -0.322 e. The first-order chi connectivity index (χ1) is 4.61. The number of carbonyl (C=O) groups is 2. The van der Waals surface area contributed by atoms with Crippen molar-refractivity contribution in [2.45, 2.75) is 13.0 Å². The van der Waals surface area contributed by atoms with E-state index in [-0.39, 0.29) is 5.91 Å². The highest BCUT2D eigenvalue weighted by molar-refractivity contribution is 6.05. The summed E-state index contributed by atoms with van der Waals surface area (Å²) in [4.78, 5) is 21.3. The van der Waals surface area contributed by atoms with Crippen LogP contribution in [0.5, 0.6) is 0 Å². The molecule has 0 aromatic heterocycles. The van der Waals surface area contributed by atoms with Crippen molar-refractivity contribution in [1.82, 2.24) is 10.6 Å². The molecule has 0 saturated carbocycles. The molecule has 0 radical (unpaired) electrons. The standard InChI is InChI=1S/C6H8N2O2/c1-3(2)4-5(9)8-6(10)7-4/h4H,1H2,2H3,(H2,7,8,9,10). The molecule has 1 aliphatic rings. The second-order valence-corrected chi connectivity index (χ2v) is 2.24. The summed E-state index contributed by atoms with van der Waals surface area (Å²) in [5, 5.41) is 4.50. The molecule has 1 aliphatic heterocycles. The SMILES string of the molecule is C=C(C)C1NC(=O)NC1=O. The smallest absolute Gasteiger partial charge is 0.322 e. The van der Waals surface area contributed by atoms with Gasteiger partial charge in [0.2, 0.25) is 0 Å². The number of amides is 3. The zero-order valence-corrected chi connectivity index (χ0v) is 5.60. The average molecular weight is 140 g/mol. The van der Waals surface area contributed by atoms with E-state index in [0.29, 0.717) is 5.57 Å². The van der Waals surface area contributed by atoms with Gasteiger partial charge in [-0.3, -0.25) is 10.1 Å². The number of urea groups is 1. The molecule has 10 heavy (non-hydrogen) atoms. The molecule has 0 bridgehead atoms. The number of carbonyl (C=O) groups excluding carboxylic acids is 2. The van der Waals surface area contributed by atoms with E-state index in [1.54, 1.807) is 6.92 Å². The summed E-state index contributed by atoms with van der Waals surface area (Å²) >= 11 is 0. The maximum absolute atomic E-state index is 10.8. The molecule has 0 spiro atoms. The van der Waals surface area contributed by atoms with Crippen molar-refractivity contribution in [3.63, 3.8) is 0 Å². The molecule has 2 N–H and O–H groups in total. The third kappa shape index (κ3) is 1.00. The lowest BCUT2D eigenvalue weighted by atomic mass is 10.1. The molecule has 1 fully saturated rings. The lowest BCUT2D eigenvalue weighted by Gasteiger charge is -2.03. The predicted molar refractivity (Wildman–Crippen MR) is 35.3 cm³/mol. The summed E-state index contributed by atoms with van der Waals surface area (Å²) in [5.74, 6) is -0.322. The Labute approximate surface area is 58.3 Å². The number of hydrogen-bond donors (Lipinski definition) is 2. The normalized spacial score (nSPS) is 23.9. The summed E-state index contributed by atoms with van der Waals surface area (Å²) in [6, 6.07) is -0.981. The maximum Gasteiger partial charge on any atom is 0.322 e. The van der Waals surface area contributed by atoms with Gasteiger partial charge in [-0.25, -0.2) is 4.79 Å². The Kier molecular flexibility index (Phi) is 1.45. The Balaban J connectivity index is 2.72. The number of hydrogen-bond acceptors (Lipinski definition) is 2. The third-order valence-electron chi connectivity index (χ3n) is 1.27. The Morgan fingerprint density at radius 1 is 1.60 bits per heavy atom. The van der Waals surface area contributed by atoms with Crippen molar-refractivity contribution < 1.29 is 9.59 Å². The predicted octanol–water partition coefficient (Wildman–Crippen LogP) is -0.230. The van der Waals surface area contributed by atoms with Gasteiger partial charge in [0.05, 0.1) is 0 Å². The van der Waals surface area contributed by atoms with Gasteiger partial charge in [-0.2, -0.15) is 0 Å². The highest BCUT2D eigenvalue weighted by Gasteiger charge is 2.29. The molecule has 0 aromatic carbocycles. The second-order valence-electron chi connectivity index (χ2n) is 2.24. The van der Waals surface area contributed by atoms with Crippen LogP contribution < -0.4 is 10.6 Å². The highest BCUT2D eigenvalue weighted by atomic mass is 16.2. The Bertz CT molecular complexity index is 210. The van der Waals surface area contributed by atoms with Crippen LogP contribution >= 0.6 is 0 Å². The van der Waals surface area contributed by atoms with Gasteiger partial charge in [-0.15, -0.1) is 0 Å². The van der Waals surface area contributed by atoms with Crippen LogP contribution in [-0.2, 0) is 4.79 Å². The van der Waals surface area contributed by atoms with Crippen molar-refractivity contribution in [2.24, 2.45) is 0 Å². The van der Waals surface area contributed by atoms with Crippen LogP contribution in [0.1, 0.15) is 6.92 Å². The van der Waals surface area contributed by atoms with Gasteiger partial charge >= 0.3 is 6.03 Å². The molecule has 1 saturated heterocycles. The number of rotatable bonds is 1. The van der Waals surface area contributed by atoms with E-state index < -0.39 is 12.1 Å². The van der Waals surface area contributed by atoms with Crippen molar-refractivity contribution >= 4 is 11.9 Å². The summed E-state index contributed by atoms with van der Waals surface area (Å²) in [6.45, 7) is 5.24. The molecule has 4 heteroatoms. The van der Waals surface area contributed by atoms with Crippen LogP contribution in [0, 0.1) is 0 Å². The molecule has 1 atom stereocenters. The first-order valence-electron chi connectivity index (χ1n) is 2.88. The van der Waals surface area contributed by atoms with Gasteiger partial charge in [0.15, 0.2) is 0 Å². The van der Waals surface area contributed by atoms with Crippen LogP contribution in [0.4, 0.5) is 4.79 Å². The Morgan fingerprint density at radius 2 is 2.20 bits per heavy atom. The molecule has 54 valence electrons. The van der Waals surface area contributed by atoms with E-state index in [1.807, 2.05) is 0 Å². The van der Waals surface area contributed by atoms with Crippen molar-refractivity contribution in [2.75, 3.05) is 0 Å². The van der Waals surface area contributed by atoms with Gasteiger partial charge in [0.25, 0.3) is 5.91 Å². The van der Waals surface area contributed by atoms with E-state index in [9.17, 15) is 9.59 Å². The van der Waals surface area contributed by atoms with Gasteiger partial charge in [0.1, 0.15) is 6.04 Å². The fraction of sp³-hybridized carbons (Fsp3) is 0.333. The van der Waals surface area contributed by atoms with Crippen molar-refractivity contribution in [3.8, 4) is 0 Å². The summed E-state index contributed by atoms with van der Waals surface area (Å²) in [7, 11) is 0. The quantitative estimate of drug-likeness (QED) is 0.390. The zero-order chi connectivity index (χ0) is 7.72. The first kappa shape index (κ1) is 6.80. The van der Waals surface area contributed by atoms with Crippen LogP contribution in [0.25, 0.3) is 0 Å². The van der Waals surface area contributed by atoms with Gasteiger partial charge in [-0.1, -0.05) is 6.58 Å². The minimum atomic E-state index is -0.535. The van der Waals surface area contributed by atoms with Gasteiger partial charge in [-0.05, 0) is 12.5 Å².